The molecular weight excluding hydrogens is 396 g/mol. The molecule has 0 atom stereocenters. The average Bonchev–Trinajstić information content (AvgIpc) is 3.47. The second-order valence-electron chi connectivity index (χ2n) is 7.78. The molecule has 164 valence electrons. The number of pyridine rings is 1. The van der Waals surface area contributed by atoms with Crippen LogP contribution < -0.4 is 5.32 Å². The summed E-state index contributed by atoms with van der Waals surface area (Å²) >= 11 is 0. The highest BCUT2D eigenvalue weighted by Gasteiger charge is 2.24. The Balaban J connectivity index is 1.47. The lowest BCUT2D eigenvalue weighted by Gasteiger charge is -2.29. The Labute approximate surface area is 181 Å². The van der Waals surface area contributed by atoms with Gasteiger partial charge in [0.25, 0.3) is 5.91 Å². The van der Waals surface area contributed by atoms with Gasteiger partial charge in [0, 0.05) is 44.4 Å². The van der Waals surface area contributed by atoms with E-state index in [1.54, 1.807) is 36.6 Å². The standard InChI is InChI=1S/C22H28N6O3/c1-27-14-16(13-24-27)20-11-18(28-8-7-23-15-28)12-21(26-20)22(29)25-17-3-5-19(6-4-17)31-10-9-30-2/h7-8,11-15,17,19H,3-6,9-10H2,1-2H3,(H,25,29). The van der Waals surface area contributed by atoms with Crippen molar-refractivity contribution >= 4 is 5.91 Å². The van der Waals surface area contributed by atoms with E-state index in [9.17, 15) is 4.79 Å². The lowest BCUT2D eigenvalue weighted by Crippen LogP contribution is -2.39. The molecule has 9 heteroatoms. The molecule has 1 N–H and O–H groups in total. The van der Waals surface area contributed by atoms with Gasteiger partial charge in [-0.3, -0.25) is 9.48 Å². The van der Waals surface area contributed by atoms with E-state index in [2.05, 4.69) is 20.4 Å². The number of amides is 1. The first-order chi connectivity index (χ1) is 15.1. The molecule has 1 fully saturated rings. The van der Waals surface area contributed by atoms with Crippen molar-refractivity contribution in [3.63, 3.8) is 0 Å². The van der Waals surface area contributed by atoms with E-state index in [0.717, 1.165) is 36.9 Å². The minimum Gasteiger partial charge on any atom is -0.382 e. The van der Waals surface area contributed by atoms with Crippen molar-refractivity contribution in [3.8, 4) is 16.9 Å². The smallest absolute Gasteiger partial charge is 0.270 e. The number of methoxy groups -OCH3 is 1. The number of aromatic nitrogens is 5. The predicted molar refractivity (Wildman–Crippen MR) is 115 cm³/mol. The first-order valence-corrected chi connectivity index (χ1v) is 10.5. The molecule has 9 nitrogen and oxygen atoms in total. The molecule has 1 aliphatic rings. The minimum absolute atomic E-state index is 0.121. The van der Waals surface area contributed by atoms with Crippen molar-refractivity contribution in [2.45, 2.75) is 37.8 Å². The Morgan fingerprint density at radius 1 is 1.23 bits per heavy atom. The van der Waals surface area contributed by atoms with E-state index < -0.39 is 0 Å². The number of hydrogen-bond acceptors (Lipinski definition) is 6. The van der Waals surface area contributed by atoms with Crippen molar-refractivity contribution in [1.29, 1.82) is 0 Å². The zero-order valence-corrected chi connectivity index (χ0v) is 17.9. The molecule has 0 aliphatic heterocycles. The van der Waals surface area contributed by atoms with Gasteiger partial charge in [-0.2, -0.15) is 5.10 Å². The second-order valence-corrected chi connectivity index (χ2v) is 7.78. The molecule has 0 bridgehead atoms. The summed E-state index contributed by atoms with van der Waals surface area (Å²) in [7, 11) is 3.53. The third kappa shape index (κ3) is 5.36. The normalized spacial score (nSPS) is 18.8. The van der Waals surface area contributed by atoms with E-state index in [4.69, 9.17) is 9.47 Å². The third-order valence-electron chi connectivity index (χ3n) is 5.50. The number of carbonyl (C=O) groups is 1. The molecule has 31 heavy (non-hydrogen) atoms. The maximum atomic E-state index is 13.0. The summed E-state index contributed by atoms with van der Waals surface area (Å²) in [6.45, 7) is 1.22. The van der Waals surface area contributed by atoms with Gasteiger partial charge < -0.3 is 19.4 Å². The van der Waals surface area contributed by atoms with Gasteiger partial charge in [-0.25, -0.2) is 9.97 Å². The molecule has 0 unspecified atom stereocenters. The summed E-state index contributed by atoms with van der Waals surface area (Å²) in [4.78, 5) is 21.8. The third-order valence-corrected chi connectivity index (χ3v) is 5.50. The van der Waals surface area contributed by atoms with Crippen molar-refractivity contribution in [2.24, 2.45) is 7.05 Å². The van der Waals surface area contributed by atoms with Crippen LogP contribution in [-0.2, 0) is 16.5 Å². The van der Waals surface area contributed by atoms with Gasteiger partial charge in [-0.15, -0.1) is 0 Å². The molecule has 3 heterocycles. The largest absolute Gasteiger partial charge is 0.382 e. The first-order valence-electron chi connectivity index (χ1n) is 10.5. The fraction of sp³-hybridized carbons (Fsp3) is 0.455. The van der Waals surface area contributed by atoms with Crippen molar-refractivity contribution in [2.75, 3.05) is 20.3 Å². The molecule has 0 aromatic carbocycles. The van der Waals surface area contributed by atoms with Crippen LogP contribution in [0.1, 0.15) is 36.2 Å². The number of imidazole rings is 1. The zero-order chi connectivity index (χ0) is 21.6. The summed E-state index contributed by atoms with van der Waals surface area (Å²) in [5.41, 5.74) is 2.75. The topological polar surface area (TPSA) is 96.1 Å². The summed E-state index contributed by atoms with van der Waals surface area (Å²) in [6, 6.07) is 3.84. The molecule has 0 saturated heterocycles. The summed E-state index contributed by atoms with van der Waals surface area (Å²) < 4.78 is 14.4. The van der Waals surface area contributed by atoms with Crippen LogP contribution in [0.4, 0.5) is 0 Å². The number of carbonyl (C=O) groups excluding carboxylic acids is 1. The SMILES string of the molecule is COCCOC1CCC(NC(=O)c2cc(-n3ccnc3)cc(-c3cnn(C)c3)n2)CC1. The van der Waals surface area contributed by atoms with E-state index in [-0.39, 0.29) is 18.1 Å². The van der Waals surface area contributed by atoms with Crippen LogP contribution >= 0.6 is 0 Å². The maximum absolute atomic E-state index is 13.0. The van der Waals surface area contributed by atoms with Gasteiger partial charge in [0.15, 0.2) is 0 Å². The number of aryl methyl sites for hydroxylation is 1. The summed E-state index contributed by atoms with van der Waals surface area (Å²) in [6.07, 6.45) is 12.7. The number of hydrogen-bond donors (Lipinski definition) is 1. The average molecular weight is 425 g/mol. The summed E-state index contributed by atoms with van der Waals surface area (Å²) in [5.74, 6) is -0.171. The highest BCUT2D eigenvalue weighted by Crippen LogP contribution is 2.23. The quantitative estimate of drug-likeness (QED) is 0.558. The van der Waals surface area contributed by atoms with Gasteiger partial charge in [0.05, 0.1) is 43.2 Å². The van der Waals surface area contributed by atoms with Crippen LogP contribution in [0.5, 0.6) is 0 Å². The Morgan fingerprint density at radius 2 is 2.06 bits per heavy atom. The molecule has 0 radical (unpaired) electrons. The van der Waals surface area contributed by atoms with E-state index in [0.29, 0.717) is 24.6 Å². The molecule has 1 aliphatic carbocycles. The summed E-state index contributed by atoms with van der Waals surface area (Å²) in [5, 5.41) is 7.38. The van der Waals surface area contributed by atoms with Crippen molar-refractivity contribution in [1.82, 2.24) is 29.6 Å². The number of rotatable bonds is 8. The van der Waals surface area contributed by atoms with E-state index >= 15 is 0 Å². The van der Waals surface area contributed by atoms with E-state index in [1.807, 2.05) is 30.1 Å². The minimum atomic E-state index is -0.171. The number of nitrogens with zero attached hydrogens (tertiary/aromatic N) is 5. The van der Waals surface area contributed by atoms with Crippen LogP contribution in [0.2, 0.25) is 0 Å². The molecule has 0 spiro atoms. The molecule has 1 amide bonds. The van der Waals surface area contributed by atoms with Crippen molar-refractivity contribution in [3.05, 3.63) is 48.9 Å². The number of nitrogens with one attached hydrogen (secondary N) is 1. The Morgan fingerprint density at radius 3 is 2.74 bits per heavy atom. The maximum Gasteiger partial charge on any atom is 0.270 e. The van der Waals surface area contributed by atoms with Crippen LogP contribution in [0, 0.1) is 0 Å². The van der Waals surface area contributed by atoms with Crippen LogP contribution in [-0.4, -0.2) is 62.7 Å². The predicted octanol–water partition coefficient (Wildman–Crippen LogP) is 2.37. The van der Waals surface area contributed by atoms with Gasteiger partial charge in [-0.1, -0.05) is 0 Å². The van der Waals surface area contributed by atoms with Crippen LogP contribution in [0.3, 0.4) is 0 Å². The van der Waals surface area contributed by atoms with Gasteiger partial charge in [0.2, 0.25) is 0 Å². The number of ether oxygens (including phenoxy) is 2. The highest BCUT2D eigenvalue weighted by molar-refractivity contribution is 5.93. The van der Waals surface area contributed by atoms with Crippen LogP contribution in [0.15, 0.2) is 43.2 Å². The monoisotopic (exact) mass is 424 g/mol. The Kier molecular flexibility index (Phi) is 6.73. The molecule has 3 aromatic rings. The lowest BCUT2D eigenvalue weighted by molar-refractivity contribution is -0.00409. The lowest BCUT2D eigenvalue weighted by atomic mass is 9.93. The fourth-order valence-corrected chi connectivity index (χ4v) is 3.83. The Bertz CT molecular complexity index is 993. The molecule has 4 rings (SSSR count). The Hall–Kier alpha value is -3.04. The van der Waals surface area contributed by atoms with Gasteiger partial charge >= 0.3 is 0 Å². The zero-order valence-electron chi connectivity index (χ0n) is 17.9. The van der Waals surface area contributed by atoms with Gasteiger partial charge in [0.1, 0.15) is 5.69 Å². The highest BCUT2D eigenvalue weighted by atomic mass is 16.5. The first kappa shape index (κ1) is 21.2. The molecule has 1 saturated carbocycles. The van der Waals surface area contributed by atoms with Crippen LogP contribution in [0.25, 0.3) is 16.9 Å². The fourth-order valence-electron chi connectivity index (χ4n) is 3.83. The van der Waals surface area contributed by atoms with E-state index in [1.165, 1.54) is 0 Å². The molecular formula is C22H28N6O3. The van der Waals surface area contributed by atoms with Gasteiger partial charge in [-0.05, 0) is 37.8 Å². The second kappa shape index (κ2) is 9.84. The molecule has 3 aromatic heterocycles. The van der Waals surface area contributed by atoms with Crippen molar-refractivity contribution < 1.29 is 14.3 Å².